The monoisotopic (exact) mass is 201 g/mol. The Balaban J connectivity index is 1.74. The van der Waals surface area contributed by atoms with Crippen molar-refractivity contribution < 1.29 is 0 Å². The topological polar surface area (TPSA) is 12.9 Å². The van der Waals surface area contributed by atoms with Gasteiger partial charge >= 0.3 is 0 Å². The van der Waals surface area contributed by atoms with Gasteiger partial charge in [-0.1, -0.05) is 25.3 Å². The largest absolute Gasteiger partial charge is 0.261 e. The Bertz CT molecular complexity index is 319. The molecule has 0 radical (unpaired) electrons. The molecule has 2 saturated carbocycles. The van der Waals surface area contributed by atoms with Crippen LogP contribution in [0.4, 0.5) is 0 Å². The van der Waals surface area contributed by atoms with Gasteiger partial charge in [0.15, 0.2) is 0 Å². The average Bonchev–Trinajstić information content (AvgIpc) is 2.77. The minimum Gasteiger partial charge on any atom is -0.261 e. The molecule has 1 aromatic rings. The maximum absolute atomic E-state index is 4.52. The standard InChI is InChI=1S/C14H19N/c1-2-9-15-14(6-1)13-8-7-11-4-3-5-12(11)10-13/h1-2,6,9,11-13H,3-5,7-8,10H2. The molecule has 1 aromatic heterocycles. The van der Waals surface area contributed by atoms with Crippen LogP contribution in [0.25, 0.3) is 0 Å². The Morgan fingerprint density at radius 2 is 1.93 bits per heavy atom. The molecule has 80 valence electrons. The van der Waals surface area contributed by atoms with E-state index < -0.39 is 0 Å². The molecule has 1 heteroatoms. The maximum atomic E-state index is 4.52. The van der Waals surface area contributed by atoms with Crippen LogP contribution in [0.2, 0.25) is 0 Å². The molecule has 3 rings (SSSR count). The predicted molar refractivity (Wildman–Crippen MR) is 61.7 cm³/mol. The molecule has 15 heavy (non-hydrogen) atoms. The SMILES string of the molecule is c1ccc(C2CCC3CCCC3C2)nc1. The summed E-state index contributed by atoms with van der Waals surface area (Å²) in [5.74, 6) is 2.83. The van der Waals surface area contributed by atoms with E-state index in [0.29, 0.717) is 0 Å². The quantitative estimate of drug-likeness (QED) is 0.674. The smallest absolute Gasteiger partial charge is 0.0434 e. The lowest BCUT2D eigenvalue weighted by molar-refractivity contribution is 0.248. The number of aromatic nitrogens is 1. The fourth-order valence-electron chi connectivity index (χ4n) is 3.59. The van der Waals surface area contributed by atoms with Crippen molar-refractivity contribution >= 4 is 0 Å². The normalized spacial score (nSPS) is 35.1. The van der Waals surface area contributed by atoms with Crippen LogP contribution in [0.3, 0.4) is 0 Å². The molecule has 0 amide bonds. The van der Waals surface area contributed by atoms with Gasteiger partial charge in [-0.2, -0.15) is 0 Å². The highest BCUT2D eigenvalue weighted by molar-refractivity contribution is 5.11. The van der Waals surface area contributed by atoms with Crippen LogP contribution >= 0.6 is 0 Å². The minimum atomic E-state index is 0.755. The van der Waals surface area contributed by atoms with Gasteiger partial charge in [-0.3, -0.25) is 4.98 Å². The summed E-state index contributed by atoms with van der Waals surface area (Å²) >= 11 is 0. The summed E-state index contributed by atoms with van der Waals surface area (Å²) in [6, 6.07) is 6.35. The Kier molecular flexibility index (Phi) is 2.47. The van der Waals surface area contributed by atoms with Crippen LogP contribution in [-0.4, -0.2) is 4.98 Å². The van der Waals surface area contributed by atoms with E-state index in [2.05, 4.69) is 17.1 Å². The lowest BCUT2D eigenvalue weighted by atomic mass is 9.75. The highest BCUT2D eigenvalue weighted by Crippen LogP contribution is 2.46. The van der Waals surface area contributed by atoms with Crippen molar-refractivity contribution in [3.63, 3.8) is 0 Å². The molecule has 3 atom stereocenters. The Hall–Kier alpha value is -0.850. The van der Waals surface area contributed by atoms with Crippen LogP contribution in [0.1, 0.15) is 50.1 Å². The van der Waals surface area contributed by atoms with Gasteiger partial charge in [0, 0.05) is 17.8 Å². The second-order valence-electron chi connectivity index (χ2n) is 5.22. The van der Waals surface area contributed by atoms with Crippen LogP contribution < -0.4 is 0 Å². The van der Waals surface area contributed by atoms with Crippen molar-refractivity contribution in [2.24, 2.45) is 11.8 Å². The summed E-state index contributed by atoms with van der Waals surface area (Å²) in [6.45, 7) is 0. The van der Waals surface area contributed by atoms with E-state index in [1.54, 1.807) is 0 Å². The summed E-state index contributed by atoms with van der Waals surface area (Å²) in [6.07, 6.45) is 10.6. The van der Waals surface area contributed by atoms with Crippen molar-refractivity contribution in [1.29, 1.82) is 0 Å². The van der Waals surface area contributed by atoms with E-state index >= 15 is 0 Å². The molecule has 2 aliphatic rings. The summed E-state index contributed by atoms with van der Waals surface area (Å²) in [5.41, 5.74) is 1.34. The molecule has 2 aliphatic carbocycles. The zero-order chi connectivity index (χ0) is 10.1. The van der Waals surface area contributed by atoms with Crippen molar-refractivity contribution in [2.45, 2.75) is 44.4 Å². The fraction of sp³-hybridized carbons (Fsp3) is 0.643. The molecule has 0 saturated heterocycles. The van der Waals surface area contributed by atoms with Gasteiger partial charge in [0.2, 0.25) is 0 Å². The van der Waals surface area contributed by atoms with Gasteiger partial charge < -0.3 is 0 Å². The van der Waals surface area contributed by atoms with Crippen molar-refractivity contribution in [2.75, 3.05) is 0 Å². The number of pyridine rings is 1. The van der Waals surface area contributed by atoms with E-state index in [1.165, 1.54) is 44.2 Å². The summed E-state index contributed by atoms with van der Waals surface area (Å²) in [5, 5.41) is 0. The fourth-order valence-corrected chi connectivity index (χ4v) is 3.59. The van der Waals surface area contributed by atoms with E-state index in [-0.39, 0.29) is 0 Å². The van der Waals surface area contributed by atoms with Gasteiger partial charge in [-0.15, -0.1) is 0 Å². The van der Waals surface area contributed by atoms with E-state index in [9.17, 15) is 0 Å². The second-order valence-corrected chi connectivity index (χ2v) is 5.22. The van der Waals surface area contributed by atoms with E-state index in [0.717, 1.165) is 17.8 Å². The lowest BCUT2D eigenvalue weighted by Crippen LogP contribution is -2.20. The third-order valence-electron chi connectivity index (χ3n) is 4.40. The predicted octanol–water partition coefficient (Wildman–Crippen LogP) is 3.77. The molecule has 0 N–H and O–H groups in total. The third-order valence-corrected chi connectivity index (χ3v) is 4.40. The van der Waals surface area contributed by atoms with Gasteiger partial charge in [0.25, 0.3) is 0 Å². The van der Waals surface area contributed by atoms with E-state index in [1.807, 2.05) is 12.3 Å². The van der Waals surface area contributed by atoms with Crippen molar-refractivity contribution in [3.8, 4) is 0 Å². The molecular formula is C14H19N. The maximum Gasteiger partial charge on any atom is 0.0434 e. The molecule has 3 unspecified atom stereocenters. The molecule has 0 bridgehead atoms. The third kappa shape index (κ3) is 1.80. The average molecular weight is 201 g/mol. The summed E-state index contributed by atoms with van der Waals surface area (Å²) in [4.78, 5) is 4.52. The first-order valence-electron chi connectivity index (χ1n) is 6.34. The molecule has 0 aromatic carbocycles. The van der Waals surface area contributed by atoms with Gasteiger partial charge in [-0.05, 0) is 43.2 Å². The molecule has 1 heterocycles. The number of rotatable bonds is 1. The van der Waals surface area contributed by atoms with E-state index in [4.69, 9.17) is 0 Å². The van der Waals surface area contributed by atoms with Crippen LogP contribution in [0, 0.1) is 11.8 Å². The first kappa shape index (κ1) is 9.38. The molecule has 0 spiro atoms. The Morgan fingerprint density at radius 3 is 2.80 bits per heavy atom. The van der Waals surface area contributed by atoms with Crippen molar-refractivity contribution in [3.05, 3.63) is 30.1 Å². The van der Waals surface area contributed by atoms with Crippen molar-refractivity contribution in [1.82, 2.24) is 4.98 Å². The summed E-state index contributed by atoms with van der Waals surface area (Å²) in [7, 11) is 0. The molecule has 0 aliphatic heterocycles. The summed E-state index contributed by atoms with van der Waals surface area (Å²) < 4.78 is 0. The highest BCUT2D eigenvalue weighted by Gasteiger charge is 2.34. The number of fused-ring (bicyclic) bond motifs is 1. The number of hydrogen-bond donors (Lipinski definition) is 0. The zero-order valence-electron chi connectivity index (χ0n) is 9.23. The highest BCUT2D eigenvalue weighted by atomic mass is 14.7. The molecular weight excluding hydrogens is 182 g/mol. The van der Waals surface area contributed by atoms with Crippen LogP contribution in [0.15, 0.2) is 24.4 Å². The van der Waals surface area contributed by atoms with Crippen LogP contribution in [0.5, 0.6) is 0 Å². The number of hydrogen-bond acceptors (Lipinski definition) is 1. The lowest BCUT2D eigenvalue weighted by Gasteiger charge is -2.31. The first-order chi connectivity index (χ1) is 7.43. The molecule has 1 nitrogen and oxygen atoms in total. The van der Waals surface area contributed by atoms with Gasteiger partial charge in [0.1, 0.15) is 0 Å². The first-order valence-corrected chi connectivity index (χ1v) is 6.34. The minimum absolute atomic E-state index is 0.755. The second kappa shape index (κ2) is 3.96. The zero-order valence-corrected chi connectivity index (χ0v) is 9.23. The van der Waals surface area contributed by atoms with Crippen LogP contribution in [-0.2, 0) is 0 Å². The van der Waals surface area contributed by atoms with Gasteiger partial charge in [0.05, 0.1) is 0 Å². The molecule has 2 fully saturated rings. The Labute approximate surface area is 91.9 Å². The van der Waals surface area contributed by atoms with Gasteiger partial charge in [-0.25, -0.2) is 0 Å². The Morgan fingerprint density at radius 1 is 1.00 bits per heavy atom. The number of nitrogens with zero attached hydrogens (tertiary/aromatic N) is 1.